The second kappa shape index (κ2) is 5.75. The summed E-state index contributed by atoms with van der Waals surface area (Å²) in [5.41, 5.74) is -0.732. The van der Waals surface area contributed by atoms with E-state index in [2.05, 4.69) is 14.7 Å². The highest BCUT2D eigenvalue weighted by Gasteiger charge is 2.33. The van der Waals surface area contributed by atoms with Gasteiger partial charge in [0.25, 0.3) is 10.0 Å². The summed E-state index contributed by atoms with van der Waals surface area (Å²) in [6.45, 7) is 0. The van der Waals surface area contributed by atoms with Gasteiger partial charge in [0.15, 0.2) is 5.03 Å². The number of alkyl halides is 3. The van der Waals surface area contributed by atoms with Gasteiger partial charge >= 0.3 is 6.18 Å². The fraction of sp³-hybridized carbons (Fsp3) is 0.0667. The quantitative estimate of drug-likeness (QED) is 0.783. The molecule has 9 heteroatoms. The standard InChI is InChI=1S/C15H10F3N3O2S/c16-15(17,18)12-7-2-8-13(20-12)24(22,23)21-11-6-1-4-10-5-3-9-19-14(10)11/h1-9,21H. The summed E-state index contributed by atoms with van der Waals surface area (Å²) in [5, 5.41) is -0.0278. The van der Waals surface area contributed by atoms with Crippen molar-refractivity contribution >= 4 is 26.6 Å². The third kappa shape index (κ3) is 3.16. The van der Waals surface area contributed by atoms with Gasteiger partial charge in [-0.05, 0) is 24.3 Å². The minimum Gasteiger partial charge on any atom is -0.276 e. The molecule has 0 saturated heterocycles. The van der Waals surface area contributed by atoms with Crippen LogP contribution in [0.4, 0.5) is 18.9 Å². The zero-order valence-electron chi connectivity index (χ0n) is 11.9. The Morgan fingerprint density at radius 3 is 2.42 bits per heavy atom. The van der Waals surface area contributed by atoms with Gasteiger partial charge in [-0.3, -0.25) is 9.71 Å². The molecule has 0 amide bonds. The highest BCUT2D eigenvalue weighted by atomic mass is 32.2. The summed E-state index contributed by atoms with van der Waals surface area (Å²) in [4.78, 5) is 7.28. The lowest BCUT2D eigenvalue weighted by Crippen LogP contribution is -2.17. The number of nitrogens with zero attached hydrogens (tertiary/aromatic N) is 2. The van der Waals surface area contributed by atoms with Gasteiger partial charge in [-0.1, -0.05) is 24.3 Å². The molecule has 2 aromatic heterocycles. The number of fused-ring (bicyclic) bond motifs is 1. The van der Waals surface area contributed by atoms with E-state index < -0.39 is 26.9 Å². The maximum atomic E-state index is 12.7. The molecular formula is C15H10F3N3O2S. The van der Waals surface area contributed by atoms with E-state index in [0.29, 0.717) is 17.0 Å². The Labute approximate surface area is 135 Å². The molecule has 1 aromatic carbocycles. The molecule has 3 aromatic rings. The van der Waals surface area contributed by atoms with Crippen LogP contribution >= 0.6 is 0 Å². The number of rotatable bonds is 3. The van der Waals surface area contributed by atoms with E-state index in [1.54, 1.807) is 24.3 Å². The maximum absolute atomic E-state index is 12.7. The van der Waals surface area contributed by atoms with E-state index in [0.717, 1.165) is 12.1 Å². The zero-order valence-corrected chi connectivity index (χ0v) is 12.8. The second-order valence-electron chi connectivity index (χ2n) is 4.85. The fourth-order valence-electron chi connectivity index (χ4n) is 2.11. The minimum atomic E-state index is -4.73. The molecule has 1 N–H and O–H groups in total. The van der Waals surface area contributed by atoms with Gasteiger partial charge in [0, 0.05) is 11.6 Å². The minimum absolute atomic E-state index is 0.160. The van der Waals surface area contributed by atoms with Crippen molar-refractivity contribution in [1.82, 2.24) is 9.97 Å². The first-order valence-corrected chi connectivity index (χ1v) is 8.16. The van der Waals surface area contributed by atoms with Gasteiger partial charge < -0.3 is 0 Å². The Bertz CT molecular complexity index is 999. The maximum Gasteiger partial charge on any atom is 0.433 e. The van der Waals surface area contributed by atoms with Gasteiger partial charge in [0.1, 0.15) is 5.69 Å². The average molecular weight is 353 g/mol. The van der Waals surface area contributed by atoms with E-state index in [9.17, 15) is 21.6 Å². The Morgan fingerprint density at radius 1 is 0.958 bits per heavy atom. The van der Waals surface area contributed by atoms with Crippen molar-refractivity contribution in [3.63, 3.8) is 0 Å². The van der Waals surface area contributed by atoms with E-state index in [-0.39, 0.29) is 5.69 Å². The lowest BCUT2D eigenvalue weighted by atomic mass is 10.2. The van der Waals surface area contributed by atoms with Crippen LogP contribution in [-0.4, -0.2) is 18.4 Å². The number of anilines is 1. The summed E-state index contributed by atoms with van der Waals surface area (Å²) in [6, 6.07) is 10.9. The lowest BCUT2D eigenvalue weighted by Gasteiger charge is -2.11. The van der Waals surface area contributed by atoms with Gasteiger partial charge in [0.05, 0.1) is 11.2 Å². The van der Waals surface area contributed by atoms with Crippen molar-refractivity contribution in [2.24, 2.45) is 0 Å². The van der Waals surface area contributed by atoms with Crippen LogP contribution in [-0.2, 0) is 16.2 Å². The van der Waals surface area contributed by atoms with Crippen LogP contribution in [0.25, 0.3) is 10.9 Å². The number of benzene rings is 1. The molecule has 5 nitrogen and oxygen atoms in total. The van der Waals surface area contributed by atoms with E-state index in [1.807, 2.05) is 0 Å². The molecule has 0 aliphatic heterocycles. The van der Waals surface area contributed by atoms with Gasteiger partial charge in [-0.25, -0.2) is 4.98 Å². The normalized spacial score (nSPS) is 12.3. The first-order valence-electron chi connectivity index (χ1n) is 6.68. The van der Waals surface area contributed by atoms with Crippen LogP contribution in [0.5, 0.6) is 0 Å². The smallest absolute Gasteiger partial charge is 0.276 e. The number of pyridine rings is 2. The largest absolute Gasteiger partial charge is 0.433 e. The highest BCUT2D eigenvalue weighted by Crippen LogP contribution is 2.29. The molecule has 0 saturated carbocycles. The summed E-state index contributed by atoms with van der Waals surface area (Å²) in [5.74, 6) is 0. The molecule has 0 unspecified atom stereocenters. The predicted octanol–water partition coefficient (Wildman–Crippen LogP) is 3.45. The number of aromatic nitrogens is 2. The third-order valence-electron chi connectivity index (χ3n) is 3.17. The summed E-state index contributed by atoms with van der Waals surface area (Å²) in [7, 11) is -4.29. The highest BCUT2D eigenvalue weighted by molar-refractivity contribution is 7.92. The molecule has 3 rings (SSSR count). The third-order valence-corrected chi connectivity index (χ3v) is 4.43. The Kier molecular flexibility index (Phi) is 3.88. The van der Waals surface area contributed by atoms with Crippen molar-refractivity contribution in [1.29, 1.82) is 0 Å². The van der Waals surface area contributed by atoms with Crippen molar-refractivity contribution in [2.45, 2.75) is 11.2 Å². The fourth-order valence-corrected chi connectivity index (χ4v) is 3.14. The van der Waals surface area contributed by atoms with Gasteiger partial charge in [-0.2, -0.15) is 21.6 Å². The van der Waals surface area contributed by atoms with E-state index in [1.165, 1.54) is 12.3 Å². The van der Waals surface area contributed by atoms with Crippen LogP contribution in [0.1, 0.15) is 5.69 Å². The molecule has 0 bridgehead atoms. The van der Waals surface area contributed by atoms with Crippen molar-refractivity contribution in [2.75, 3.05) is 4.72 Å². The summed E-state index contributed by atoms with van der Waals surface area (Å²) >= 11 is 0. The SMILES string of the molecule is O=S(=O)(Nc1cccc2cccnc12)c1cccc(C(F)(F)F)n1. The molecule has 24 heavy (non-hydrogen) atoms. The van der Waals surface area contributed by atoms with Crippen LogP contribution in [0, 0.1) is 0 Å². The zero-order chi connectivity index (χ0) is 17.4. The number of sulfonamides is 1. The lowest BCUT2D eigenvalue weighted by molar-refractivity contribution is -0.141. The van der Waals surface area contributed by atoms with Crippen molar-refractivity contribution in [3.8, 4) is 0 Å². The number of nitrogens with one attached hydrogen (secondary N) is 1. The Morgan fingerprint density at radius 2 is 1.67 bits per heavy atom. The molecule has 0 spiro atoms. The van der Waals surface area contributed by atoms with Crippen LogP contribution in [0.15, 0.2) is 59.8 Å². The number of halogens is 3. The molecule has 0 radical (unpaired) electrons. The number of para-hydroxylation sites is 1. The average Bonchev–Trinajstić information content (AvgIpc) is 2.54. The molecule has 0 aliphatic rings. The molecule has 124 valence electrons. The topological polar surface area (TPSA) is 72.0 Å². The first-order chi connectivity index (χ1) is 11.3. The van der Waals surface area contributed by atoms with E-state index >= 15 is 0 Å². The summed E-state index contributed by atoms with van der Waals surface area (Å²) in [6.07, 6.45) is -3.24. The molecule has 0 aliphatic carbocycles. The molecular weight excluding hydrogens is 343 g/mol. The van der Waals surface area contributed by atoms with Crippen LogP contribution in [0.3, 0.4) is 0 Å². The first kappa shape index (κ1) is 16.2. The molecule has 0 atom stereocenters. The molecule has 2 heterocycles. The van der Waals surface area contributed by atoms with Gasteiger partial charge in [-0.15, -0.1) is 0 Å². The van der Waals surface area contributed by atoms with Crippen molar-refractivity contribution < 1.29 is 21.6 Å². The predicted molar refractivity (Wildman–Crippen MR) is 81.8 cm³/mol. The Hall–Kier alpha value is -2.68. The number of hydrogen-bond acceptors (Lipinski definition) is 4. The number of hydrogen-bond donors (Lipinski definition) is 1. The Balaban J connectivity index is 2.03. The monoisotopic (exact) mass is 353 g/mol. The van der Waals surface area contributed by atoms with Gasteiger partial charge in [0.2, 0.25) is 0 Å². The molecule has 0 fully saturated rings. The summed E-state index contributed by atoms with van der Waals surface area (Å²) < 4.78 is 65.1. The van der Waals surface area contributed by atoms with Crippen LogP contribution in [0.2, 0.25) is 0 Å². The van der Waals surface area contributed by atoms with Crippen molar-refractivity contribution in [3.05, 3.63) is 60.4 Å². The second-order valence-corrected chi connectivity index (χ2v) is 6.47. The van der Waals surface area contributed by atoms with E-state index in [4.69, 9.17) is 0 Å². The van der Waals surface area contributed by atoms with Crippen LogP contribution < -0.4 is 4.72 Å².